The third-order valence-corrected chi connectivity index (χ3v) is 4.74. The number of piperazine rings is 1. The number of amides is 1. The van der Waals surface area contributed by atoms with E-state index in [1.807, 2.05) is 4.90 Å². The quantitative estimate of drug-likeness (QED) is 0.688. The number of nitrogens with zero attached hydrogens (tertiary/aromatic N) is 5. The van der Waals surface area contributed by atoms with Crippen LogP contribution in [-0.4, -0.2) is 74.8 Å². The first-order valence-corrected chi connectivity index (χ1v) is 8.18. The number of carbonyl (C=O) groups is 2. The monoisotopic (exact) mass is 351 g/mol. The molecule has 0 saturated carbocycles. The molecule has 11 heteroatoms. The molecule has 2 aromatic heterocycles. The topological polar surface area (TPSA) is 127 Å². The van der Waals surface area contributed by atoms with Gasteiger partial charge in [-0.3, -0.25) is 9.69 Å². The van der Waals surface area contributed by atoms with E-state index in [0.717, 1.165) is 43.5 Å². The maximum atomic E-state index is 12.1. The van der Waals surface area contributed by atoms with Crippen LogP contribution in [0.25, 0.3) is 0 Å². The van der Waals surface area contributed by atoms with Crippen LogP contribution < -0.4 is 10.2 Å². The number of carbonyl (C=O) groups excluding carboxylic acids is 1. The van der Waals surface area contributed by atoms with Gasteiger partial charge in [0.15, 0.2) is 5.13 Å². The Morgan fingerprint density at radius 2 is 2.12 bits per heavy atom. The lowest BCUT2D eigenvalue weighted by molar-refractivity contribution is -0.117. The Hall–Kier alpha value is -2.53. The lowest BCUT2D eigenvalue weighted by atomic mass is 10.3. The summed E-state index contributed by atoms with van der Waals surface area (Å²) in [4.78, 5) is 35.5. The number of hydrogen-bond donors (Lipinski definition) is 3. The van der Waals surface area contributed by atoms with Crippen molar-refractivity contribution in [2.75, 3.05) is 42.9 Å². The Labute approximate surface area is 141 Å². The summed E-state index contributed by atoms with van der Waals surface area (Å²) in [7, 11) is 0. The second kappa shape index (κ2) is 6.93. The fourth-order valence-electron chi connectivity index (χ4n) is 2.48. The van der Waals surface area contributed by atoms with Gasteiger partial charge in [-0.25, -0.2) is 14.9 Å². The van der Waals surface area contributed by atoms with Gasteiger partial charge < -0.3 is 15.3 Å². The van der Waals surface area contributed by atoms with Gasteiger partial charge in [0.2, 0.25) is 11.9 Å². The van der Waals surface area contributed by atoms with Crippen molar-refractivity contribution in [2.24, 2.45) is 0 Å². The van der Waals surface area contributed by atoms with Crippen LogP contribution in [0.2, 0.25) is 0 Å². The molecule has 0 atom stereocenters. The zero-order chi connectivity index (χ0) is 17.1. The first-order chi connectivity index (χ1) is 11.5. The van der Waals surface area contributed by atoms with Crippen LogP contribution >= 0.6 is 11.3 Å². The SMILES string of the molecule is Cc1nc(NC(=O)CN2CCN(c3ncn[nH]3)CC2)sc1C(=O)O. The number of aromatic nitrogens is 4. The number of nitrogens with one attached hydrogen (secondary N) is 2. The van der Waals surface area contributed by atoms with E-state index in [2.05, 4.69) is 30.4 Å². The average molecular weight is 351 g/mol. The standard InChI is InChI=1S/C13H17N7O3S/c1-8-10(11(22)23)24-13(16-8)17-9(21)6-19-2-4-20(5-3-19)12-14-7-15-18-12/h7H,2-6H2,1H3,(H,22,23)(H,14,15,18)(H,16,17,21). The highest BCUT2D eigenvalue weighted by Gasteiger charge is 2.21. The molecular weight excluding hydrogens is 334 g/mol. The lowest BCUT2D eigenvalue weighted by Gasteiger charge is -2.33. The van der Waals surface area contributed by atoms with Gasteiger partial charge in [0.1, 0.15) is 11.2 Å². The van der Waals surface area contributed by atoms with Crippen molar-refractivity contribution in [3.05, 3.63) is 16.9 Å². The molecule has 3 N–H and O–H groups in total. The maximum absolute atomic E-state index is 12.1. The zero-order valence-electron chi connectivity index (χ0n) is 13.0. The van der Waals surface area contributed by atoms with Gasteiger partial charge in [0.25, 0.3) is 0 Å². The minimum Gasteiger partial charge on any atom is -0.477 e. The van der Waals surface area contributed by atoms with Crippen LogP contribution in [0.5, 0.6) is 0 Å². The summed E-state index contributed by atoms with van der Waals surface area (Å²) < 4.78 is 0. The van der Waals surface area contributed by atoms with Crippen molar-refractivity contribution in [3.63, 3.8) is 0 Å². The van der Waals surface area contributed by atoms with E-state index in [1.54, 1.807) is 6.92 Å². The summed E-state index contributed by atoms with van der Waals surface area (Å²) in [6, 6.07) is 0. The van der Waals surface area contributed by atoms with E-state index in [4.69, 9.17) is 5.11 Å². The average Bonchev–Trinajstić information content (AvgIpc) is 3.18. The number of aromatic amines is 1. The van der Waals surface area contributed by atoms with Crippen LogP contribution in [0, 0.1) is 6.92 Å². The number of anilines is 2. The van der Waals surface area contributed by atoms with Crippen LogP contribution in [-0.2, 0) is 4.79 Å². The van der Waals surface area contributed by atoms with Crippen LogP contribution in [0.3, 0.4) is 0 Å². The third-order valence-electron chi connectivity index (χ3n) is 3.68. The fourth-order valence-corrected chi connectivity index (χ4v) is 3.30. The van der Waals surface area contributed by atoms with Gasteiger partial charge in [0.05, 0.1) is 12.2 Å². The summed E-state index contributed by atoms with van der Waals surface area (Å²) in [5.74, 6) is -0.499. The van der Waals surface area contributed by atoms with Crippen molar-refractivity contribution in [3.8, 4) is 0 Å². The molecule has 1 saturated heterocycles. The Balaban J connectivity index is 1.49. The van der Waals surface area contributed by atoms with Crippen molar-refractivity contribution < 1.29 is 14.7 Å². The lowest BCUT2D eigenvalue weighted by Crippen LogP contribution is -2.49. The summed E-state index contributed by atoms with van der Waals surface area (Å²) >= 11 is 0.968. The van der Waals surface area contributed by atoms with E-state index >= 15 is 0 Å². The van der Waals surface area contributed by atoms with Crippen molar-refractivity contribution >= 4 is 34.3 Å². The molecule has 0 unspecified atom stereocenters. The molecule has 0 spiro atoms. The smallest absolute Gasteiger partial charge is 0.347 e. The van der Waals surface area contributed by atoms with E-state index in [1.165, 1.54) is 6.33 Å². The molecule has 2 aromatic rings. The number of carboxylic acid groups (broad SMARTS) is 1. The predicted octanol–water partition coefficient (Wildman–Crippen LogP) is 0.0285. The molecule has 1 aliphatic rings. The molecule has 1 aliphatic heterocycles. The zero-order valence-corrected chi connectivity index (χ0v) is 13.8. The Morgan fingerprint density at radius 3 is 2.71 bits per heavy atom. The van der Waals surface area contributed by atoms with Gasteiger partial charge in [-0.05, 0) is 6.92 Å². The molecule has 0 radical (unpaired) electrons. The molecule has 128 valence electrons. The number of aryl methyl sites for hydroxylation is 1. The predicted molar refractivity (Wildman–Crippen MR) is 87.5 cm³/mol. The molecule has 10 nitrogen and oxygen atoms in total. The first kappa shape index (κ1) is 16.3. The van der Waals surface area contributed by atoms with Crippen LogP contribution in [0.4, 0.5) is 11.1 Å². The van der Waals surface area contributed by atoms with E-state index in [-0.39, 0.29) is 17.3 Å². The van der Waals surface area contributed by atoms with Gasteiger partial charge in [-0.2, -0.15) is 10.1 Å². The fraction of sp³-hybridized carbons (Fsp3) is 0.462. The van der Waals surface area contributed by atoms with E-state index in [9.17, 15) is 9.59 Å². The molecule has 24 heavy (non-hydrogen) atoms. The maximum Gasteiger partial charge on any atom is 0.347 e. The Morgan fingerprint density at radius 1 is 1.38 bits per heavy atom. The number of rotatable bonds is 5. The Bertz CT molecular complexity index is 722. The van der Waals surface area contributed by atoms with Crippen LogP contribution in [0.15, 0.2) is 6.33 Å². The summed E-state index contributed by atoms with van der Waals surface area (Å²) in [6.07, 6.45) is 1.47. The van der Waals surface area contributed by atoms with Gasteiger partial charge in [-0.1, -0.05) is 11.3 Å². The van der Waals surface area contributed by atoms with Crippen LogP contribution in [0.1, 0.15) is 15.4 Å². The highest BCUT2D eigenvalue weighted by atomic mass is 32.1. The van der Waals surface area contributed by atoms with Gasteiger partial charge in [0, 0.05) is 26.2 Å². The van der Waals surface area contributed by atoms with Gasteiger partial charge in [-0.15, -0.1) is 0 Å². The third kappa shape index (κ3) is 3.68. The second-order valence-electron chi connectivity index (χ2n) is 5.36. The summed E-state index contributed by atoms with van der Waals surface area (Å²) in [5, 5.41) is 18.6. The number of aromatic carboxylic acids is 1. The second-order valence-corrected chi connectivity index (χ2v) is 6.36. The van der Waals surface area contributed by atoms with Crippen molar-refractivity contribution in [2.45, 2.75) is 6.92 Å². The Kier molecular flexibility index (Phi) is 4.71. The number of carboxylic acids is 1. The number of H-pyrrole nitrogens is 1. The molecule has 0 aromatic carbocycles. The molecular formula is C13H17N7O3S. The minimum atomic E-state index is -1.03. The molecule has 3 rings (SSSR count). The highest BCUT2D eigenvalue weighted by Crippen LogP contribution is 2.22. The molecule has 1 fully saturated rings. The summed E-state index contributed by atoms with van der Waals surface area (Å²) in [5.41, 5.74) is 0.406. The number of thiazole rings is 1. The van der Waals surface area contributed by atoms with Crippen molar-refractivity contribution in [1.82, 2.24) is 25.1 Å². The minimum absolute atomic E-state index is 0.144. The largest absolute Gasteiger partial charge is 0.477 e. The molecule has 3 heterocycles. The van der Waals surface area contributed by atoms with E-state index < -0.39 is 5.97 Å². The first-order valence-electron chi connectivity index (χ1n) is 7.36. The van der Waals surface area contributed by atoms with Crippen molar-refractivity contribution in [1.29, 1.82) is 0 Å². The highest BCUT2D eigenvalue weighted by molar-refractivity contribution is 7.17. The summed E-state index contributed by atoms with van der Waals surface area (Å²) in [6.45, 7) is 4.81. The molecule has 0 bridgehead atoms. The van der Waals surface area contributed by atoms with E-state index in [0.29, 0.717) is 10.8 Å². The molecule has 0 aliphatic carbocycles. The number of hydrogen-bond acceptors (Lipinski definition) is 8. The molecule has 1 amide bonds. The normalized spacial score (nSPS) is 15.5. The van der Waals surface area contributed by atoms with Gasteiger partial charge >= 0.3 is 5.97 Å².